The summed E-state index contributed by atoms with van der Waals surface area (Å²) in [6.45, 7) is 5.46. The molecule has 0 unspecified atom stereocenters. The highest BCUT2D eigenvalue weighted by atomic mass is 35.5. The Balaban J connectivity index is 2.24. The van der Waals surface area contributed by atoms with Gasteiger partial charge in [-0.3, -0.25) is 9.10 Å². The van der Waals surface area contributed by atoms with E-state index in [0.29, 0.717) is 5.02 Å². The third-order valence-corrected chi connectivity index (χ3v) is 6.47. The maximum atomic E-state index is 12.8. The van der Waals surface area contributed by atoms with Gasteiger partial charge in [0.05, 0.1) is 28.0 Å². The number of nitrogens with zero attached hydrogens (tertiary/aromatic N) is 1. The molecule has 0 spiro atoms. The number of amides is 1. The topological polar surface area (TPSA) is 66.5 Å². The molecule has 2 rings (SSSR count). The Morgan fingerprint density at radius 2 is 1.68 bits per heavy atom. The molecule has 2 aromatic carbocycles. The predicted molar refractivity (Wildman–Crippen MR) is 116 cm³/mol. The lowest BCUT2D eigenvalue weighted by Gasteiger charge is -2.29. The van der Waals surface area contributed by atoms with Crippen molar-refractivity contribution in [3.63, 3.8) is 0 Å². The van der Waals surface area contributed by atoms with Gasteiger partial charge in [-0.1, -0.05) is 54.4 Å². The van der Waals surface area contributed by atoms with Crippen LogP contribution in [0.5, 0.6) is 0 Å². The maximum absolute atomic E-state index is 12.8. The minimum absolute atomic E-state index is 0.213. The number of halogens is 2. The Kier molecular flexibility index (Phi) is 7.37. The molecule has 0 aliphatic heterocycles. The second kappa shape index (κ2) is 9.16. The molecule has 1 amide bonds. The summed E-state index contributed by atoms with van der Waals surface area (Å²) in [4.78, 5) is 12.8. The summed E-state index contributed by atoms with van der Waals surface area (Å²) < 4.78 is 25.8. The first kappa shape index (κ1) is 22.5. The van der Waals surface area contributed by atoms with E-state index in [2.05, 4.69) is 12.2 Å². The van der Waals surface area contributed by atoms with Crippen molar-refractivity contribution in [1.29, 1.82) is 0 Å². The minimum Gasteiger partial charge on any atom is -0.348 e. The fraction of sp³-hybridized carbons (Fsp3) is 0.350. The number of benzene rings is 2. The largest absolute Gasteiger partial charge is 0.348 e. The summed E-state index contributed by atoms with van der Waals surface area (Å²) in [5, 5.41) is 3.40. The normalized spacial score (nSPS) is 13.6. The summed E-state index contributed by atoms with van der Waals surface area (Å²) >= 11 is 11.9. The molecule has 2 aromatic rings. The van der Waals surface area contributed by atoms with Gasteiger partial charge in [0, 0.05) is 0 Å². The first-order valence-electron chi connectivity index (χ1n) is 8.88. The highest BCUT2D eigenvalue weighted by molar-refractivity contribution is 7.92. The van der Waals surface area contributed by atoms with E-state index < -0.39 is 22.0 Å². The number of hydrogen-bond donors (Lipinski definition) is 1. The number of nitrogens with one attached hydrogen (secondary N) is 1. The molecular formula is C20H24Cl2N2O3S. The van der Waals surface area contributed by atoms with E-state index in [1.54, 1.807) is 0 Å². The molecular weight excluding hydrogens is 419 g/mol. The second-order valence-corrected chi connectivity index (χ2v) is 9.33. The fourth-order valence-corrected chi connectivity index (χ4v) is 4.35. The number of carbonyl (C=O) groups is 1. The molecule has 0 fully saturated rings. The standard InChI is InChI=1S/C20H24Cl2N2O3S/c1-5-15-6-8-16(9-7-15)13(2)23-20(25)14(3)24(28(4,26)27)17-10-11-18(21)19(22)12-17/h6-14H,5H2,1-4H3,(H,23,25)/t13-,14+/m1/s1. The van der Waals surface area contributed by atoms with Crippen LogP contribution in [-0.2, 0) is 21.2 Å². The van der Waals surface area contributed by atoms with Crippen molar-refractivity contribution in [3.8, 4) is 0 Å². The van der Waals surface area contributed by atoms with Gasteiger partial charge >= 0.3 is 0 Å². The Labute approximate surface area is 176 Å². The summed E-state index contributed by atoms with van der Waals surface area (Å²) in [6.07, 6.45) is 1.98. The van der Waals surface area contributed by atoms with E-state index in [1.807, 2.05) is 31.2 Å². The monoisotopic (exact) mass is 442 g/mol. The Morgan fingerprint density at radius 3 is 2.18 bits per heavy atom. The molecule has 152 valence electrons. The summed E-state index contributed by atoms with van der Waals surface area (Å²) in [5.41, 5.74) is 2.43. The van der Waals surface area contributed by atoms with Gasteiger partial charge in [-0.2, -0.15) is 0 Å². The second-order valence-electron chi connectivity index (χ2n) is 6.66. The molecule has 2 atom stereocenters. The zero-order chi connectivity index (χ0) is 21.1. The predicted octanol–water partition coefficient (Wildman–Crippen LogP) is 4.59. The number of hydrogen-bond acceptors (Lipinski definition) is 3. The SMILES string of the molecule is CCc1ccc([C@@H](C)NC(=O)[C@H](C)N(c2ccc(Cl)c(Cl)c2)S(C)(=O)=O)cc1. The van der Waals surface area contributed by atoms with Gasteiger partial charge in [-0.05, 0) is 49.6 Å². The van der Waals surface area contributed by atoms with E-state index in [4.69, 9.17) is 23.2 Å². The van der Waals surface area contributed by atoms with E-state index in [9.17, 15) is 13.2 Å². The van der Waals surface area contributed by atoms with Crippen LogP contribution >= 0.6 is 23.2 Å². The van der Waals surface area contributed by atoms with Gasteiger partial charge in [-0.25, -0.2) is 8.42 Å². The zero-order valence-corrected chi connectivity index (χ0v) is 18.6. The Morgan fingerprint density at radius 1 is 1.07 bits per heavy atom. The van der Waals surface area contributed by atoms with E-state index >= 15 is 0 Å². The molecule has 8 heteroatoms. The molecule has 0 aliphatic carbocycles. The smallest absolute Gasteiger partial charge is 0.244 e. The highest BCUT2D eigenvalue weighted by Crippen LogP contribution is 2.29. The number of sulfonamides is 1. The Hall–Kier alpha value is -1.76. The van der Waals surface area contributed by atoms with Crippen molar-refractivity contribution in [3.05, 3.63) is 63.6 Å². The fourth-order valence-electron chi connectivity index (χ4n) is 2.89. The number of rotatable bonds is 7. The summed E-state index contributed by atoms with van der Waals surface area (Å²) in [6, 6.07) is 11.2. The molecule has 0 radical (unpaired) electrons. The summed E-state index contributed by atoms with van der Waals surface area (Å²) in [7, 11) is -3.73. The van der Waals surface area contributed by atoms with Gasteiger partial charge in [0.1, 0.15) is 6.04 Å². The van der Waals surface area contributed by atoms with Gasteiger partial charge in [0.2, 0.25) is 15.9 Å². The number of carbonyl (C=O) groups excluding carboxylic acids is 1. The first-order chi connectivity index (χ1) is 13.0. The number of aryl methyl sites for hydroxylation is 1. The van der Waals surface area contributed by atoms with Crippen LogP contribution in [0.25, 0.3) is 0 Å². The first-order valence-corrected chi connectivity index (χ1v) is 11.5. The average Bonchev–Trinajstić information content (AvgIpc) is 2.63. The molecule has 5 nitrogen and oxygen atoms in total. The van der Waals surface area contributed by atoms with Gasteiger partial charge in [-0.15, -0.1) is 0 Å². The van der Waals surface area contributed by atoms with E-state index in [-0.39, 0.29) is 16.8 Å². The van der Waals surface area contributed by atoms with Crippen LogP contribution in [0.3, 0.4) is 0 Å². The van der Waals surface area contributed by atoms with Crippen LogP contribution < -0.4 is 9.62 Å². The van der Waals surface area contributed by atoms with Crippen LogP contribution in [0.4, 0.5) is 5.69 Å². The molecule has 0 aliphatic rings. The molecule has 28 heavy (non-hydrogen) atoms. The van der Waals surface area contributed by atoms with Crippen molar-refractivity contribution >= 4 is 44.8 Å². The van der Waals surface area contributed by atoms with Crippen molar-refractivity contribution in [2.75, 3.05) is 10.6 Å². The van der Waals surface area contributed by atoms with Crippen molar-refractivity contribution < 1.29 is 13.2 Å². The summed E-state index contributed by atoms with van der Waals surface area (Å²) in [5.74, 6) is -0.413. The van der Waals surface area contributed by atoms with Crippen LogP contribution in [0, 0.1) is 0 Å². The minimum atomic E-state index is -3.73. The van der Waals surface area contributed by atoms with Gasteiger partial charge in [0.15, 0.2) is 0 Å². The molecule has 0 saturated heterocycles. The molecule has 0 aromatic heterocycles. The van der Waals surface area contributed by atoms with Crippen molar-refractivity contribution in [2.45, 2.75) is 39.3 Å². The Bertz CT molecular complexity index is 946. The van der Waals surface area contributed by atoms with Gasteiger partial charge < -0.3 is 5.32 Å². The third kappa shape index (κ3) is 5.40. The zero-order valence-electron chi connectivity index (χ0n) is 16.2. The van der Waals surface area contributed by atoms with Crippen LogP contribution in [0.2, 0.25) is 10.0 Å². The molecule has 1 N–H and O–H groups in total. The third-order valence-electron chi connectivity index (χ3n) is 4.49. The van der Waals surface area contributed by atoms with Crippen LogP contribution in [0.1, 0.15) is 37.9 Å². The van der Waals surface area contributed by atoms with Crippen molar-refractivity contribution in [2.24, 2.45) is 0 Å². The highest BCUT2D eigenvalue weighted by Gasteiger charge is 2.30. The molecule has 0 heterocycles. The average molecular weight is 443 g/mol. The van der Waals surface area contributed by atoms with Crippen molar-refractivity contribution in [1.82, 2.24) is 5.32 Å². The van der Waals surface area contributed by atoms with Crippen LogP contribution in [-0.4, -0.2) is 26.6 Å². The molecule has 0 saturated carbocycles. The number of anilines is 1. The van der Waals surface area contributed by atoms with E-state index in [1.165, 1.54) is 30.7 Å². The lowest BCUT2D eigenvalue weighted by molar-refractivity contribution is -0.122. The maximum Gasteiger partial charge on any atom is 0.244 e. The van der Waals surface area contributed by atoms with Gasteiger partial charge in [0.25, 0.3) is 0 Å². The van der Waals surface area contributed by atoms with E-state index in [0.717, 1.165) is 22.5 Å². The quantitative estimate of drug-likeness (QED) is 0.681. The lowest BCUT2D eigenvalue weighted by Crippen LogP contribution is -2.48. The van der Waals surface area contributed by atoms with Crippen LogP contribution in [0.15, 0.2) is 42.5 Å². The molecule has 0 bridgehead atoms. The lowest BCUT2D eigenvalue weighted by atomic mass is 10.0.